The molecule has 4 aliphatic heterocycles. The van der Waals surface area contributed by atoms with Crippen molar-refractivity contribution in [3.05, 3.63) is 127 Å². The summed E-state index contributed by atoms with van der Waals surface area (Å²) in [7, 11) is 3.22. The van der Waals surface area contributed by atoms with Gasteiger partial charge in [-0.1, -0.05) is 59.1 Å². The molecule has 288 valence electrons. The maximum absolute atomic E-state index is 14.9. The van der Waals surface area contributed by atoms with Crippen LogP contribution in [0.25, 0.3) is 0 Å². The number of likely N-dealkylation sites (N-methyl/N-ethyl adjacent to an activating group) is 2. The Morgan fingerprint density at radius 1 is 0.632 bits per heavy atom. The van der Waals surface area contributed by atoms with Gasteiger partial charge in [0.15, 0.2) is 11.6 Å². The second-order valence-corrected chi connectivity index (χ2v) is 16.6. The van der Waals surface area contributed by atoms with Gasteiger partial charge in [-0.3, -0.25) is 19.4 Å². The van der Waals surface area contributed by atoms with Crippen LogP contribution in [0.1, 0.15) is 34.1 Å². The minimum absolute atomic E-state index is 0.132. The third kappa shape index (κ3) is 6.11. The third-order valence-corrected chi connectivity index (χ3v) is 12.7. The Labute approximate surface area is 348 Å². The molecule has 8 rings (SSSR count). The van der Waals surface area contributed by atoms with Crippen LogP contribution in [0.15, 0.2) is 84.9 Å². The first-order valence-corrected chi connectivity index (χ1v) is 19.4. The molecule has 0 bridgehead atoms. The summed E-state index contributed by atoms with van der Waals surface area (Å²) < 4.78 is 0. The van der Waals surface area contributed by atoms with Crippen molar-refractivity contribution in [3.8, 4) is 12.1 Å². The fourth-order valence-electron chi connectivity index (χ4n) is 9.09. The van der Waals surface area contributed by atoms with Crippen LogP contribution in [-0.2, 0) is 9.59 Å². The Morgan fingerprint density at radius 3 is 1.40 bits per heavy atom. The maximum Gasteiger partial charge on any atom is 0.332 e. The first-order valence-electron chi connectivity index (χ1n) is 17.8. The van der Waals surface area contributed by atoms with Crippen LogP contribution in [0.5, 0.6) is 0 Å². The zero-order valence-electron chi connectivity index (χ0n) is 30.5. The van der Waals surface area contributed by atoms with E-state index in [2.05, 4.69) is 21.9 Å². The van der Waals surface area contributed by atoms with Crippen LogP contribution in [0.2, 0.25) is 20.1 Å². The van der Waals surface area contributed by atoms with Gasteiger partial charge < -0.3 is 9.80 Å². The number of carbonyl (C=O) groups is 4. The number of nitriles is 2. The van der Waals surface area contributed by atoms with E-state index in [1.165, 1.54) is 34.1 Å². The molecular weight excluding hydrogens is 810 g/mol. The molecule has 16 heteroatoms. The molecule has 4 fully saturated rings. The summed E-state index contributed by atoms with van der Waals surface area (Å²) in [4.78, 5) is 67.2. The predicted molar refractivity (Wildman–Crippen MR) is 211 cm³/mol. The minimum atomic E-state index is -1.37. The average molecular weight is 844 g/mol. The largest absolute Gasteiger partial charge is 0.332 e. The standard InChI is InChI=1S/C41H33Cl4N8O4/c1-48-38(56)52(32-13-28(42)11-29(43)14-32)36(54)40(48)21-50(19-34(40)26-7-3-24(17-46)4-8-26)23-51-20-35(27-9-5-25(18-47)6-10-27)41(22-51)37(55)53(39(57)49(41)2)33-15-30(44)12-31(45)16-33/h3-16,34-35,42H,19-23H2,1-2H3/q+1/t34-,35?,40?,41+/m0/s1. The summed E-state index contributed by atoms with van der Waals surface area (Å²) in [6.07, 6.45) is 0. The number of hydrogen-bond acceptors (Lipinski definition) is 8. The number of nitrogens with zero attached hydrogens (tertiary/aromatic N) is 8. The van der Waals surface area contributed by atoms with Crippen molar-refractivity contribution in [2.75, 3.05) is 56.7 Å². The minimum Gasteiger partial charge on any atom is -0.310 e. The number of anilines is 2. The van der Waals surface area contributed by atoms with E-state index in [1.54, 1.807) is 62.6 Å². The van der Waals surface area contributed by atoms with E-state index in [0.717, 1.165) is 20.9 Å². The van der Waals surface area contributed by atoms with Crippen LogP contribution >= 0.6 is 34.8 Å². The summed E-state index contributed by atoms with van der Waals surface area (Å²) in [6.45, 7) is 1.21. The van der Waals surface area contributed by atoms with E-state index in [1.807, 2.05) is 12.1 Å². The van der Waals surface area contributed by atoms with Crippen molar-refractivity contribution in [3.63, 3.8) is 0 Å². The topological polar surface area (TPSA) is 135 Å². The maximum atomic E-state index is 14.9. The lowest BCUT2D eigenvalue weighted by atomic mass is 9.80. The summed E-state index contributed by atoms with van der Waals surface area (Å²) in [5.41, 5.74) is 0.215. The number of amides is 6. The molecule has 0 aromatic heterocycles. The number of hydrogen-bond donors (Lipinski definition) is 0. The van der Waals surface area contributed by atoms with E-state index < -0.39 is 46.8 Å². The summed E-state index contributed by atoms with van der Waals surface area (Å²) in [5, 5.41) is 20.3. The fourth-order valence-corrected chi connectivity index (χ4v) is 10.1. The lowest BCUT2D eigenvalue weighted by molar-refractivity contribution is -0.288. The number of carbonyl (C=O) groups excluding carboxylic acids is 4. The zero-order chi connectivity index (χ0) is 40.6. The predicted octanol–water partition coefficient (Wildman–Crippen LogP) is 6.22. The lowest BCUT2D eigenvalue weighted by Crippen LogP contribution is -2.55. The molecule has 2 spiro atoms. The molecule has 0 N–H and O–H groups in total. The Morgan fingerprint density at radius 2 is 1.02 bits per heavy atom. The van der Waals surface area contributed by atoms with Gasteiger partial charge in [-0.2, -0.15) is 10.5 Å². The number of benzene rings is 4. The quantitative estimate of drug-likeness (QED) is 0.209. The molecule has 2 unspecified atom stereocenters. The van der Waals surface area contributed by atoms with Gasteiger partial charge >= 0.3 is 12.1 Å². The zero-order valence-corrected chi connectivity index (χ0v) is 33.6. The van der Waals surface area contributed by atoms with Crippen LogP contribution in [0, 0.1) is 34.3 Å². The molecule has 4 aliphatic rings. The fraction of sp³-hybridized carbons (Fsp3) is 0.268. The highest BCUT2D eigenvalue weighted by atomic mass is 35.5. The molecule has 6 amide bonds. The second-order valence-electron chi connectivity index (χ2n) is 14.8. The lowest BCUT2D eigenvalue weighted by Gasteiger charge is -2.34. The molecule has 0 radical (unpaired) electrons. The molecule has 4 atom stereocenters. The van der Waals surface area contributed by atoms with Crippen molar-refractivity contribution < 1.29 is 30.8 Å². The summed E-state index contributed by atoms with van der Waals surface area (Å²) in [5.74, 6) is -1.94. The van der Waals surface area contributed by atoms with Gasteiger partial charge in [0.1, 0.15) is 11.1 Å². The second kappa shape index (κ2) is 14.3. The van der Waals surface area contributed by atoms with Crippen LogP contribution in [0.4, 0.5) is 21.0 Å². The van der Waals surface area contributed by atoms with Gasteiger partial charge in [0.2, 0.25) is 5.02 Å². The number of urea groups is 2. The van der Waals surface area contributed by atoms with Crippen molar-refractivity contribution >= 4 is 70.1 Å². The van der Waals surface area contributed by atoms with E-state index in [9.17, 15) is 29.7 Å². The summed E-state index contributed by atoms with van der Waals surface area (Å²) >= 11 is 24.4. The van der Waals surface area contributed by atoms with Gasteiger partial charge in [0.05, 0.1) is 41.3 Å². The smallest absolute Gasteiger partial charge is 0.310 e. The van der Waals surface area contributed by atoms with Crippen molar-refractivity contribution in [2.24, 2.45) is 0 Å². The van der Waals surface area contributed by atoms with Gasteiger partial charge in [-0.25, -0.2) is 19.4 Å². The molecule has 4 heterocycles. The Bertz CT molecular complexity index is 2240. The Kier molecular flexibility index (Phi) is 9.73. The molecule has 12 nitrogen and oxygen atoms in total. The Balaban J connectivity index is 1.17. The first kappa shape index (κ1) is 38.7. The highest BCUT2D eigenvalue weighted by Crippen LogP contribution is 2.49. The molecule has 0 saturated carbocycles. The highest BCUT2D eigenvalue weighted by molar-refractivity contribution is 6.36. The first-order chi connectivity index (χ1) is 27.2. The normalized spacial score (nSPS) is 25.1. The molecule has 0 aliphatic carbocycles. The van der Waals surface area contributed by atoms with Gasteiger partial charge in [-0.05, 0) is 59.7 Å². The average Bonchev–Trinajstić information content (AvgIpc) is 3.86. The number of halogens is 4. The van der Waals surface area contributed by atoms with Crippen molar-refractivity contribution in [1.29, 1.82) is 10.5 Å². The van der Waals surface area contributed by atoms with E-state index in [0.29, 0.717) is 34.3 Å². The monoisotopic (exact) mass is 841 g/mol. The molecule has 4 aromatic carbocycles. The Hall–Kier alpha value is -5.18. The third-order valence-electron chi connectivity index (χ3n) is 11.8. The van der Waals surface area contributed by atoms with Crippen LogP contribution in [-0.4, -0.2) is 101 Å². The van der Waals surface area contributed by atoms with Crippen molar-refractivity contribution in [1.82, 2.24) is 19.6 Å². The molecule has 57 heavy (non-hydrogen) atoms. The number of imide groups is 2. The highest BCUT2D eigenvalue weighted by Gasteiger charge is 2.67. The van der Waals surface area contributed by atoms with Gasteiger partial charge in [-0.15, -0.1) is 0 Å². The molecular formula is C41H33Cl4N8O4+. The summed E-state index contributed by atoms with van der Waals surface area (Å²) in [6, 6.07) is 26.4. The van der Waals surface area contributed by atoms with Crippen LogP contribution in [0.3, 0.4) is 0 Å². The van der Waals surface area contributed by atoms with Crippen LogP contribution < -0.4 is 9.80 Å². The van der Waals surface area contributed by atoms with Crippen molar-refractivity contribution in [2.45, 2.75) is 22.9 Å². The van der Waals surface area contributed by atoms with Gasteiger partial charge in [0.25, 0.3) is 11.8 Å². The van der Waals surface area contributed by atoms with E-state index in [-0.39, 0.29) is 41.2 Å². The molecule has 4 aromatic rings. The molecule has 4 saturated heterocycles. The SMILES string of the molecule is CN1C(=O)N(c2cc(Cl)cc([ClH+])c2)C(=O)C12CN(CN1CC(c3ccc(C#N)cc3)[C@]3(C1)C(=O)N(c1cc(Cl)cc(Cl)c1)C(=O)N3C)C[C@H]2c1ccc(C#N)cc1. The number of rotatable bonds is 6. The van der Waals surface area contributed by atoms with Gasteiger partial charge in [0, 0.05) is 79.3 Å². The van der Waals surface area contributed by atoms with E-state index in [4.69, 9.17) is 46.4 Å². The number of likely N-dealkylation sites (tertiary alicyclic amines) is 2. The van der Waals surface area contributed by atoms with E-state index >= 15 is 0 Å².